The minimum absolute atomic E-state index is 0.125. The molecule has 1 unspecified atom stereocenters. The zero-order valence-electron chi connectivity index (χ0n) is 10.5. The fourth-order valence-corrected chi connectivity index (χ4v) is 2.20. The van der Waals surface area contributed by atoms with Crippen molar-refractivity contribution >= 4 is 17.7 Å². The number of carbonyl (C=O) groups excluding carboxylic acids is 1. The number of amides is 1. The molecule has 1 aromatic rings. The molecule has 0 saturated carbocycles. The molecule has 17 heavy (non-hydrogen) atoms. The average Bonchev–Trinajstić information content (AvgIpc) is 2.35. The summed E-state index contributed by atoms with van der Waals surface area (Å²) < 4.78 is 0. The van der Waals surface area contributed by atoms with E-state index in [1.807, 2.05) is 31.2 Å². The molecular formula is C13H19NO2S. The number of thioether (sulfide) groups is 1. The Hall–Kier alpha value is -1.00. The lowest BCUT2D eigenvalue weighted by molar-refractivity contribution is -0.126. The first-order chi connectivity index (χ1) is 8.04. The molecule has 1 atom stereocenters. The van der Waals surface area contributed by atoms with E-state index in [1.54, 1.807) is 18.9 Å². The van der Waals surface area contributed by atoms with Gasteiger partial charge in [-0.3, -0.25) is 4.79 Å². The summed E-state index contributed by atoms with van der Waals surface area (Å²) >= 11 is 1.50. The summed E-state index contributed by atoms with van der Waals surface area (Å²) in [6.45, 7) is 4.42. The summed E-state index contributed by atoms with van der Waals surface area (Å²) in [5.41, 5.74) is 0.881. The highest BCUT2D eigenvalue weighted by Crippen LogP contribution is 2.22. The molecule has 0 fully saturated rings. The Balaban J connectivity index is 2.57. The van der Waals surface area contributed by atoms with Crippen molar-refractivity contribution in [1.29, 1.82) is 0 Å². The van der Waals surface area contributed by atoms with Crippen molar-refractivity contribution in [3.8, 4) is 0 Å². The van der Waals surface area contributed by atoms with Crippen LogP contribution in [0.4, 0.5) is 0 Å². The summed E-state index contributed by atoms with van der Waals surface area (Å²) in [6.07, 6.45) is -0.468. The molecule has 94 valence electrons. The first-order valence-corrected chi connectivity index (χ1v) is 6.68. The monoisotopic (exact) mass is 253 g/mol. The smallest absolute Gasteiger partial charge is 0.232 e. The van der Waals surface area contributed by atoms with Gasteiger partial charge >= 0.3 is 0 Å². The van der Waals surface area contributed by atoms with Gasteiger partial charge in [0.2, 0.25) is 5.91 Å². The molecule has 3 nitrogen and oxygen atoms in total. The molecule has 0 aromatic heterocycles. The van der Waals surface area contributed by atoms with Gasteiger partial charge in [0.25, 0.3) is 0 Å². The Bertz CT molecular complexity index is 379. The fourth-order valence-electron chi connectivity index (χ4n) is 1.30. The van der Waals surface area contributed by atoms with Crippen LogP contribution >= 0.6 is 11.8 Å². The zero-order valence-corrected chi connectivity index (χ0v) is 11.3. The second kappa shape index (κ2) is 6.67. The van der Waals surface area contributed by atoms with E-state index in [0.717, 1.165) is 17.0 Å². The summed E-state index contributed by atoms with van der Waals surface area (Å²) in [5.74, 6) is 0.563. The average molecular weight is 253 g/mol. The summed E-state index contributed by atoms with van der Waals surface area (Å²) in [6, 6.07) is 7.66. The lowest BCUT2D eigenvalue weighted by Crippen LogP contribution is -2.27. The number of aliphatic hydroxyl groups is 1. The van der Waals surface area contributed by atoms with Crippen LogP contribution in [0.25, 0.3) is 0 Å². The number of hydrogen-bond acceptors (Lipinski definition) is 3. The van der Waals surface area contributed by atoms with Gasteiger partial charge in [-0.1, -0.05) is 12.1 Å². The Morgan fingerprint density at radius 3 is 2.82 bits per heavy atom. The Morgan fingerprint density at radius 2 is 2.24 bits per heavy atom. The standard InChI is InChI=1S/C13H19NO2S/c1-4-14(3)13(16)9-17-12-7-5-6-11(8-12)10(2)15/h5-8,10,15H,4,9H2,1-3H3. The number of nitrogens with zero attached hydrogens (tertiary/aromatic N) is 1. The molecule has 0 spiro atoms. The largest absolute Gasteiger partial charge is 0.389 e. The minimum Gasteiger partial charge on any atom is -0.389 e. The van der Waals surface area contributed by atoms with Crippen LogP contribution in [-0.4, -0.2) is 35.3 Å². The van der Waals surface area contributed by atoms with Crippen LogP contribution in [0.1, 0.15) is 25.5 Å². The molecule has 0 aliphatic carbocycles. The molecule has 1 aromatic carbocycles. The maximum Gasteiger partial charge on any atom is 0.232 e. The molecule has 1 N–H and O–H groups in total. The highest BCUT2D eigenvalue weighted by molar-refractivity contribution is 8.00. The Labute approximate surface area is 107 Å². The molecule has 0 heterocycles. The maximum absolute atomic E-state index is 11.6. The number of benzene rings is 1. The van der Waals surface area contributed by atoms with Crippen LogP contribution < -0.4 is 0 Å². The molecule has 1 amide bonds. The van der Waals surface area contributed by atoms with Gasteiger partial charge in [0, 0.05) is 18.5 Å². The third kappa shape index (κ3) is 4.40. The molecule has 0 radical (unpaired) electrons. The SMILES string of the molecule is CCN(C)C(=O)CSc1cccc(C(C)O)c1. The van der Waals surface area contributed by atoms with Gasteiger partial charge in [-0.2, -0.15) is 0 Å². The Kier molecular flexibility index (Phi) is 5.51. The summed E-state index contributed by atoms with van der Waals surface area (Å²) in [5, 5.41) is 9.47. The van der Waals surface area contributed by atoms with Gasteiger partial charge < -0.3 is 10.0 Å². The highest BCUT2D eigenvalue weighted by atomic mass is 32.2. The van der Waals surface area contributed by atoms with Crippen LogP contribution in [0.5, 0.6) is 0 Å². The van der Waals surface area contributed by atoms with Gasteiger partial charge in [-0.25, -0.2) is 0 Å². The second-order valence-corrected chi connectivity index (χ2v) is 4.99. The van der Waals surface area contributed by atoms with Crippen LogP contribution in [0.15, 0.2) is 29.2 Å². The molecule has 0 aliphatic rings. The number of hydrogen-bond donors (Lipinski definition) is 1. The molecule has 0 saturated heterocycles. The van der Waals surface area contributed by atoms with E-state index in [2.05, 4.69) is 0 Å². The number of rotatable bonds is 5. The van der Waals surface area contributed by atoms with Gasteiger partial charge in [-0.05, 0) is 31.5 Å². The van der Waals surface area contributed by atoms with Crippen LogP contribution in [0.3, 0.4) is 0 Å². The van der Waals surface area contributed by atoms with Crippen LogP contribution in [-0.2, 0) is 4.79 Å². The number of carbonyl (C=O) groups is 1. The lowest BCUT2D eigenvalue weighted by atomic mass is 10.1. The predicted octanol–water partition coefficient (Wildman–Crippen LogP) is 2.31. The first kappa shape index (κ1) is 14.1. The maximum atomic E-state index is 11.6. The normalized spacial score (nSPS) is 12.2. The van der Waals surface area contributed by atoms with Crippen LogP contribution in [0.2, 0.25) is 0 Å². The van der Waals surface area contributed by atoms with Crippen molar-refractivity contribution in [2.75, 3.05) is 19.3 Å². The predicted molar refractivity (Wildman–Crippen MR) is 71.1 cm³/mol. The van der Waals surface area contributed by atoms with E-state index in [-0.39, 0.29) is 5.91 Å². The van der Waals surface area contributed by atoms with Crippen molar-refractivity contribution in [3.05, 3.63) is 29.8 Å². The number of aliphatic hydroxyl groups excluding tert-OH is 1. The van der Waals surface area contributed by atoms with Gasteiger partial charge in [0.15, 0.2) is 0 Å². The highest BCUT2D eigenvalue weighted by Gasteiger charge is 2.08. The summed E-state index contributed by atoms with van der Waals surface area (Å²) in [4.78, 5) is 14.3. The summed E-state index contributed by atoms with van der Waals surface area (Å²) in [7, 11) is 1.80. The fraction of sp³-hybridized carbons (Fsp3) is 0.462. The van der Waals surface area contributed by atoms with Gasteiger partial charge in [-0.15, -0.1) is 11.8 Å². The zero-order chi connectivity index (χ0) is 12.8. The third-order valence-corrected chi connectivity index (χ3v) is 3.58. The quantitative estimate of drug-likeness (QED) is 0.819. The topological polar surface area (TPSA) is 40.5 Å². The van der Waals surface area contributed by atoms with E-state index < -0.39 is 6.10 Å². The molecule has 0 bridgehead atoms. The van der Waals surface area contributed by atoms with Gasteiger partial charge in [0.05, 0.1) is 11.9 Å². The molecule has 1 rings (SSSR count). The molecule has 4 heteroatoms. The minimum atomic E-state index is -0.468. The van der Waals surface area contributed by atoms with Crippen LogP contribution in [0, 0.1) is 0 Å². The first-order valence-electron chi connectivity index (χ1n) is 5.69. The van der Waals surface area contributed by atoms with Crippen molar-refractivity contribution in [3.63, 3.8) is 0 Å². The van der Waals surface area contributed by atoms with Crippen molar-refractivity contribution in [1.82, 2.24) is 4.90 Å². The van der Waals surface area contributed by atoms with Gasteiger partial charge in [0.1, 0.15) is 0 Å². The van der Waals surface area contributed by atoms with E-state index in [4.69, 9.17) is 0 Å². The van der Waals surface area contributed by atoms with E-state index >= 15 is 0 Å². The Morgan fingerprint density at radius 1 is 1.53 bits per heavy atom. The van der Waals surface area contributed by atoms with Crippen molar-refractivity contribution in [2.45, 2.75) is 24.8 Å². The second-order valence-electron chi connectivity index (χ2n) is 3.95. The van der Waals surface area contributed by atoms with E-state index in [0.29, 0.717) is 5.75 Å². The lowest BCUT2D eigenvalue weighted by Gasteiger charge is -2.14. The van der Waals surface area contributed by atoms with E-state index in [9.17, 15) is 9.90 Å². The van der Waals surface area contributed by atoms with Crippen molar-refractivity contribution in [2.24, 2.45) is 0 Å². The van der Waals surface area contributed by atoms with Crippen molar-refractivity contribution < 1.29 is 9.90 Å². The molecule has 0 aliphatic heterocycles. The molecular weight excluding hydrogens is 234 g/mol. The third-order valence-electron chi connectivity index (χ3n) is 2.60. The van der Waals surface area contributed by atoms with E-state index in [1.165, 1.54) is 11.8 Å².